The van der Waals surface area contributed by atoms with E-state index < -0.39 is 0 Å². The minimum atomic E-state index is -0.260. The summed E-state index contributed by atoms with van der Waals surface area (Å²) in [5, 5.41) is 6.24. The van der Waals surface area contributed by atoms with Crippen LogP contribution in [0.15, 0.2) is 23.2 Å². The second kappa shape index (κ2) is 7.33. The number of hydrogen-bond acceptors (Lipinski definition) is 4. The Morgan fingerprint density at radius 1 is 1.41 bits per heavy atom. The summed E-state index contributed by atoms with van der Waals surface area (Å²) in [7, 11) is 0. The second-order valence-electron chi connectivity index (χ2n) is 8.52. The quantitative estimate of drug-likeness (QED) is 0.538. The van der Waals surface area contributed by atoms with Crippen molar-refractivity contribution in [2.24, 2.45) is 15.8 Å². The fourth-order valence-electron chi connectivity index (χ4n) is 4.49. The van der Waals surface area contributed by atoms with E-state index in [0.717, 1.165) is 30.3 Å². The lowest BCUT2D eigenvalue weighted by Gasteiger charge is -2.46. The van der Waals surface area contributed by atoms with Gasteiger partial charge in [-0.15, -0.1) is 0 Å². The van der Waals surface area contributed by atoms with Crippen molar-refractivity contribution in [1.29, 1.82) is 0 Å². The number of amides is 2. The monoisotopic (exact) mass is 389 g/mol. The van der Waals surface area contributed by atoms with E-state index in [0.29, 0.717) is 17.5 Å². The van der Waals surface area contributed by atoms with Crippen molar-refractivity contribution in [3.8, 4) is 0 Å². The number of rotatable bonds is 4. The van der Waals surface area contributed by atoms with Crippen molar-refractivity contribution in [2.75, 3.05) is 11.9 Å². The number of nitrogens with zero attached hydrogens (tertiary/aromatic N) is 2. The third-order valence-electron chi connectivity index (χ3n) is 5.01. The first-order valence-electron chi connectivity index (χ1n) is 8.95. The molecule has 0 aliphatic heterocycles. The Kier molecular flexibility index (Phi) is 5.27. The number of fused-ring (bicyclic) bond motifs is 1. The molecule has 144 valence electrons. The van der Waals surface area contributed by atoms with E-state index in [-0.39, 0.29) is 22.9 Å². The largest absolute Gasteiger partial charge is 0.335 e. The molecule has 1 saturated carbocycles. The number of aliphatic imine (C=N–C) groups is 1. The van der Waals surface area contributed by atoms with Gasteiger partial charge in [-0.1, -0.05) is 20.8 Å². The highest BCUT2D eigenvalue weighted by Gasteiger charge is 2.41. The number of urea groups is 1. The number of anilines is 1. The fourth-order valence-corrected chi connectivity index (χ4v) is 4.68. The summed E-state index contributed by atoms with van der Waals surface area (Å²) in [5.74, 6) is 0. The molecule has 1 aliphatic carbocycles. The molecule has 2 amide bonds. The summed E-state index contributed by atoms with van der Waals surface area (Å²) >= 11 is 5.86. The van der Waals surface area contributed by atoms with Crippen LogP contribution in [0.3, 0.4) is 0 Å². The molecule has 0 bridgehead atoms. The zero-order valence-electron chi connectivity index (χ0n) is 15.7. The van der Waals surface area contributed by atoms with Gasteiger partial charge in [-0.25, -0.2) is 19.6 Å². The summed E-state index contributed by atoms with van der Waals surface area (Å²) in [6.45, 7) is 6.89. The number of nitrogens with one attached hydrogen (secondary N) is 3. The first kappa shape index (κ1) is 19.4. The van der Waals surface area contributed by atoms with E-state index >= 15 is 0 Å². The third kappa shape index (κ3) is 4.87. The predicted octanol–water partition coefficient (Wildman–Crippen LogP) is 4.26. The standard InChI is InChI=1S/C19H24ClN5O2/c1-18(2)7-13(8-19(3,9-18)10-21-11-26)23-17(27)22-12-4-5-14-15(6-12)25-16(20)24-14/h4-6,13H,7-10H2,1-3H3,(H,24,25)(H2,22,23,27). The number of carbonyl (C=O) groups excluding carboxylic acids is 2. The fraction of sp³-hybridized carbons (Fsp3) is 0.526. The van der Waals surface area contributed by atoms with E-state index in [1.165, 1.54) is 0 Å². The highest BCUT2D eigenvalue weighted by atomic mass is 35.5. The van der Waals surface area contributed by atoms with Gasteiger partial charge in [-0.2, -0.15) is 0 Å². The maximum Gasteiger partial charge on any atom is 0.319 e. The average molecular weight is 390 g/mol. The van der Waals surface area contributed by atoms with E-state index in [4.69, 9.17) is 11.6 Å². The van der Waals surface area contributed by atoms with E-state index in [1.807, 2.05) is 0 Å². The van der Waals surface area contributed by atoms with Gasteiger partial charge in [0.25, 0.3) is 0 Å². The van der Waals surface area contributed by atoms with Crippen LogP contribution >= 0.6 is 11.6 Å². The van der Waals surface area contributed by atoms with Crippen LogP contribution in [0.5, 0.6) is 0 Å². The molecule has 7 nitrogen and oxygen atoms in total. The van der Waals surface area contributed by atoms with Crippen LogP contribution in [0, 0.1) is 10.8 Å². The Morgan fingerprint density at radius 3 is 2.93 bits per heavy atom. The van der Waals surface area contributed by atoms with Crippen molar-refractivity contribution >= 4 is 40.4 Å². The van der Waals surface area contributed by atoms with Gasteiger partial charge in [-0.05, 0) is 59.9 Å². The Hall–Kier alpha value is -2.37. The molecule has 3 rings (SSSR count). The number of carbonyl (C=O) groups is 1. The molecule has 0 radical (unpaired) electrons. The molecule has 1 aromatic carbocycles. The van der Waals surface area contributed by atoms with Gasteiger partial charge in [0.15, 0.2) is 0 Å². The molecule has 8 heteroatoms. The van der Waals surface area contributed by atoms with Gasteiger partial charge in [0, 0.05) is 11.7 Å². The lowest BCUT2D eigenvalue weighted by Crippen LogP contribution is -2.48. The molecule has 0 saturated heterocycles. The highest BCUT2D eigenvalue weighted by Crippen LogP contribution is 2.46. The van der Waals surface area contributed by atoms with Crippen LogP contribution < -0.4 is 10.6 Å². The minimum absolute atomic E-state index is 0.00549. The molecule has 0 spiro atoms. The second-order valence-corrected chi connectivity index (χ2v) is 8.88. The number of aromatic nitrogens is 2. The number of imidazole rings is 1. The van der Waals surface area contributed by atoms with Crippen molar-refractivity contribution < 1.29 is 9.59 Å². The van der Waals surface area contributed by atoms with Crippen LogP contribution in [0.2, 0.25) is 5.28 Å². The maximum absolute atomic E-state index is 12.5. The average Bonchev–Trinajstić information content (AvgIpc) is 2.90. The number of benzene rings is 1. The molecule has 1 aromatic heterocycles. The molecule has 2 unspecified atom stereocenters. The van der Waals surface area contributed by atoms with Gasteiger partial charge in [0.1, 0.15) is 0 Å². The Bertz CT molecular complexity index is 903. The molecule has 2 atom stereocenters. The van der Waals surface area contributed by atoms with Gasteiger partial charge in [-0.3, -0.25) is 0 Å². The normalized spacial score (nSPS) is 24.2. The van der Waals surface area contributed by atoms with Gasteiger partial charge in [0.2, 0.25) is 11.4 Å². The number of isocyanates is 1. The molecule has 1 heterocycles. The molecule has 3 N–H and O–H groups in total. The molecule has 2 aromatic rings. The number of halogens is 1. The van der Waals surface area contributed by atoms with Crippen molar-refractivity contribution in [1.82, 2.24) is 15.3 Å². The predicted molar refractivity (Wildman–Crippen MR) is 106 cm³/mol. The third-order valence-corrected chi connectivity index (χ3v) is 5.19. The number of H-pyrrole nitrogens is 1. The molecular weight excluding hydrogens is 366 g/mol. The topological polar surface area (TPSA) is 99.2 Å². The van der Waals surface area contributed by atoms with Crippen LogP contribution in [-0.2, 0) is 4.79 Å². The first-order valence-corrected chi connectivity index (χ1v) is 9.32. The van der Waals surface area contributed by atoms with Crippen LogP contribution in [0.1, 0.15) is 40.0 Å². The summed E-state index contributed by atoms with van der Waals surface area (Å²) < 4.78 is 0. The molecule has 1 fully saturated rings. The van der Waals surface area contributed by atoms with Crippen LogP contribution in [0.25, 0.3) is 11.0 Å². The molecule has 27 heavy (non-hydrogen) atoms. The Labute approximate surface area is 163 Å². The first-order chi connectivity index (χ1) is 12.7. The zero-order valence-corrected chi connectivity index (χ0v) is 16.5. The summed E-state index contributed by atoms with van der Waals surface area (Å²) in [5.41, 5.74) is 2.07. The van der Waals surface area contributed by atoms with Crippen molar-refractivity contribution in [3.63, 3.8) is 0 Å². The lowest BCUT2D eigenvalue weighted by atomic mass is 9.62. The van der Waals surface area contributed by atoms with Crippen molar-refractivity contribution in [3.05, 3.63) is 23.5 Å². The van der Waals surface area contributed by atoms with Gasteiger partial charge in [0.05, 0.1) is 17.6 Å². The van der Waals surface area contributed by atoms with Gasteiger partial charge >= 0.3 is 6.03 Å². The van der Waals surface area contributed by atoms with Gasteiger partial charge < -0.3 is 15.6 Å². The lowest BCUT2D eigenvalue weighted by molar-refractivity contribution is 0.0816. The van der Waals surface area contributed by atoms with E-state index in [9.17, 15) is 9.59 Å². The summed E-state index contributed by atoms with van der Waals surface area (Å²) in [6, 6.07) is 5.12. The molecular formula is C19H24ClN5O2. The number of hydrogen-bond donors (Lipinski definition) is 3. The minimum Gasteiger partial charge on any atom is -0.335 e. The van der Waals surface area contributed by atoms with Crippen LogP contribution in [-0.4, -0.2) is 34.7 Å². The number of aromatic amines is 1. The van der Waals surface area contributed by atoms with Crippen LogP contribution in [0.4, 0.5) is 10.5 Å². The zero-order chi connectivity index (χ0) is 19.7. The van der Waals surface area contributed by atoms with E-state index in [2.05, 4.69) is 46.4 Å². The molecule has 1 aliphatic rings. The summed E-state index contributed by atoms with van der Waals surface area (Å²) in [4.78, 5) is 33.9. The highest BCUT2D eigenvalue weighted by molar-refractivity contribution is 6.29. The Balaban J connectivity index is 1.67. The SMILES string of the molecule is CC1(C)CC(NC(=O)Nc2ccc3nc(Cl)[nH]c3c2)CC(C)(CN=C=O)C1. The smallest absolute Gasteiger partial charge is 0.319 e. The van der Waals surface area contributed by atoms with E-state index in [1.54, 1.807) is 24.3 Å². The van der Waals surface area contributed by atoms with Crippen molar-refractivity contribution in [2.45, 2.75) is 46.1 Å². The maximum atomic E-state index is 12.5. The summed E-state index contributed by atoms with van der Waals surface area (Å²) in [6.07, 6.45) is 4.22. The Morgan fingerprint density at radius 2 is 2.19 bits per heavy atom.